The van der Waals surface area contributed by atoms with Crippen molar-refractivity contribution in [3.8, 4) is 17.5 Å². The predicted octanol–water partition coefficient (Wildman–Crippen LogP) is 2.43. The summed E-state index contributed by atoms with van der Waals surface area (Å²) in [5.74, 6) is 0.568. The number of carbonyl (C=O) groups excluding carboxylic acids is 2. The van der Waals surface area contributed by atoms with Crippen LogP contribution in [0.2, 0.25) is 0 Å². The van der Waals surface area contributed by atoms with Crippen molar-refractivity contribution in [2.45, 2.75) is 32.7 Å². The van der Waals surface area contributed by atoms with E-state index in [0.717, 1.165) is 41.2 Å². The number of hydrogen-bond donors (Lipinski definition) is 1. The van der Waals surface area contributed by atoms with Crippen LogP contribution in [0, 0.1) is 25.2 Å². The summed E-state index contributed by atoms with van der Waals surface area (Å²) >= 11 is 0. The second-order valence-electron chi connectivity index (χ2n) is 8.94. The van der Waals surface area contributed by atoms with Crippen LogP contribution in [0.4, 0.5) is 0 Å². The number of amides is 2. The van der Waals surface area contributed by atoms with Gasteiger partial charge in [-0.25, -0.2) is 0 Å². The van der Waals surface area contributed by atoms with Crippen LogP contribution in [-0.4, -0.2) is 72.1 Å². The molecule has 0 spiro atoms. The van der Waals surface area contributed by atoms with Crippen molar-refractivity contribution in [1.29, 1.82) is 5.26 Å². The van der Waals surface area contributed by atoms with E-state index in [-0.39, 0.29) is 17.4 Å². The predicted molar refractivity (Wildman–Crippen MR) is 130 cm³/mol. The maximum Gasteiger partial charge on any atom is 0.264 e. The van der Waals surface area contributed by atoms with Gasteiger partial charge in [-0.15, -0.1) is 0 Å². The van der Waals surface area contributed by atoms with Gasteiger partial charge < -0.3 is 19.5 Å². The van der Waals surface area contributed by atoms with E-state index >= 15 is 0 Å². The summed E-state index contributed by atoms with van der Waals surface area (Å²) in [7, 11) is 1.64. The van der Waals surface area contributed by atoms with Crippen molar-refractivity contribution in [2.75, 3.05) is 39.8 Å². The smallest absolute Gasteiger partial charge is 0.264 e. The van der Waals surface area contributed by atoms with Crippen molar-refractivity contribution in [3.63, 3.8) is 0 Å². The molecular formula is C26H31N5O3. The maximum absolute atomic E-state index is 13.1. The number of nitrogens with one attached hydrogen (secondary N) is 1. The van der Waals surface area contributed by atoms with Crippen LogP contribution in [0.3, 0.4) is 0 Å². The highest BCUT2D eigenvalue weighted by atomic mass is 16.5. The zero-order valence-electron chi connectivity index (χ0n) is 20.0. The minimum Gasteiger partial charge on any atom is -0.497 e. The Morgan fingerprint density at radius 1 is 1.15 bits per heavy atom. The minimum atomic E-state index is -0.265. The summed E-state index contributed by atoms with van der Waals surface area (Å²) in [6, 6.07) is 12.2. The van der Waals surface area contributed by atoms with Crippen LogP contribution < -0.4 is 10.1 Å². The van der Waals surface area contributed by atoms with Crippen LogP contribution in [0.25, 0.3) is 11.8 Å². The summed E-state index contributed by atoms with van der Waals surface area (Å²) in [5, 5.41) is 12.7. The molecule has 0 radical (unpaired) electrons. The van der Waals surface area contributed by atoms with E-state index in [1.807, 2.05) is 44.2 Å². The number of nitrogens with zero attached hydrogens (tertiary/aromatic N) is 4. The summed E-state index contributed by atoms with van der Waals surface area (Å²) in [6.07, 6.45) is 3.82. The van der Waals surface area contributed by atoms with Crippen LogP contribution in [0.5, 0.6) is 5.75 Å². The third-order valence-electron chi connectivity index (χ3n) is 6.42. The molecule has 0 unspecified atom stereocenters. The second kappa shape index (κ2) is 10.1. The van der Waals surface area contributed by atoms with Gasteiger partial charge in [0, 0.05) is 49.3 Å². The number of piperazine rings is 1. The molecule has 1 N–H and O–H groups in total. The Morgan fingerprint density at radius 3 is 2.41 bits per heavy atom. The molecule has 1 aromatic heterocycles. The van der Waals surface area contributed by atoms with Crippen molar-refractivity contribution >= 4 is 17.9 Å². The number of aryl methyl sites for hydroxylation is 1. The highest BCUT2D eigenvalue weighted by Gasteiger charge is 2.27. The molecule has 1 aliphatic carbocycles. The Balaban J connectivity index is 1.43. The topological polar surface area (TPSA) is 90.6 Å². The highest BCUT2D eigenvalue weighted by Crippen LogP contribution is 2.25. The van der Waals surface area contributed by atoms with Gasteiger partial charge in [0.15, 0.2) is 0 Å². The Hall–Kier alpha value is -3.57. The molecule has 1 saturated carbocycles. The van der Waals surface area contributed by atoms with Crippen LogP contribution >= 0.6 is 0 Å². The zero-order chi connectivity index (χ0) is 24.2. The lowest BCUT2D eigenvalue weighted by Crippen LogP contribution is -2.51. The van der Waals surface area contributed by atoms with E-state index in [0.29, 0.717) is 38.8 Å². The lowest BCUT2D eigenvalue weighted by atomic mass is 10.1. The van der Waals surface area contributed by atoms with Gasteiger partial charge in [-0.1, -0.05) is 0 Å². The third kappa shape index (κ3) is 5.32. The molecule has 2 amide bonds. The van der Waals surface area contributed by atoms with Crippen molar-refractivity contribution in [2.24, 2.45) is 0 Å². The minimum absolute atomic E-state index is 0.0482. The first-order chi connectivity index (χ1) is 16.4. The quantitative estimate of drug-likeness (QED) is 0.505. The molecule has 178 valence electrons. The number of ether oxygens (including phenoxy) is 1. The van der Waals surface area contributed by atoms with E-state index in [4.69, 9.17) is 4.74 Å². The number of rotatable bonds is 7. The number of benzene rings is 1. The Kier molecular flexibility index (Phi) is 7.03. The molecule has 1 aromatic carbocycles. The summed E-state index contributed by atoms with van der Waals surface area (Å²) in [5.41, 5.74) is 3.91. The van der Waals surface area contributed by atoms with E-state index < -0.39 is 0 Å². The van der Waals surface area contributed by atoms with Crippen LogP contribution in [0.1, 0.15) is 29.8 Å². The fraction of sp³-hybridized carbons (Fsp3) is 0.423. The largest absolute Gasteiger partial charge is 0.497 e. The first-order valence-electron chi connectivity index (χ1n) is 11.7. The number of nitriles is 1. The number of aromatic nitrogens is 1. The molecule has 8 heteroatoms. The molecule has 0 atom stereocenters. The monoisotopic (exact) mass is 461 g/mol. The molecule has 34 heavy (non-hydrogen) atoms. The standard InChI is InChI=1S/C26H31N5O3/c1-18-14-20(19(2)31(18)23-6-8-24(34-3)9-7-23)15-21(16-27)26(33)30-12-10-29(11-13-30)17-25(32)28-22-4-5-22/h6-9,14-15,22H,4-5,10-13,17H2,1-3H3,(H,28,32)/b21-15+. The lowest BCUT2D eigenvalue weighted by Gasteiger charge is -2.34. The average Bonchev–Trinajstić information content (AvgIpc) is 3.61. The molecule has 1 saturated heterocycles. The molecule has 2 aromatic rings. The van der Waals surface area contributed by atoms with E-state index in [2.05, 4.69) is 20.9 Å². The fourth-order valence-corrected chi connectivity index (χ4v) is 4.34. The first-order valence-corrected chi connectivity index (χ1v) is 11.7. The third-order valence-corrected chi connectivity index (χ3v) is 6.42. The van der Waals surface area contributed by atoms with Gasteiger partial charge in [-0.3, -0.25) is 14.5 Å². The normalized spacial score (nSPS) is 16.8. The highest BCUT2D eigenvalue weighted by molar-refractivity contribution is 6.02. The second-order valence-corrected chi connectivity index (χ2v) is 8.94. The summed E-state index contributed by atoms with van der Waals surface area (Å²) in [4.78, 5) is 28.9. The lowest BCUT2D eigenvalue weighted by molar-refractivity contribution is -0.129. The fourth-order valence-electron chi connectivity index (χ4n) is 4.34. The number of hydrogen-bond acceptors (Lipinski definition) is 5. The van der Waals surface area contributed by atoms with Crippen LogP contribution in [-0.2, 0) is 9.59 Å². The van der Waals surface area contributed by atoms with Gasteiger partial charge in [0.2, 0.25) is 5.91 Å². The molecule has 2 aliphatic rings. The molecule has 8 nitrogen and oxygen atoms in total. The van der Waals surface area contributed by atoms with Crippen LogP contribution in [0.15, 0.2) is 35.9 Å². The van der Waals surface area contributed by atoms with Gasteiger partial charge in [-0.05, 0) is 68.7 Å². The Labute approximate surface area is 200 Å². The molecule has 1 aliphatic heterocycles. The number of methoxy groups -OCH3 is 1. The van der Waals surface area contributed by atoms with Crippen molar-refractivity contribution < 1.29 is 14.3 Å². The van der Waals surface area contributed by atoms with E-state index in [1.54, 1.807) is 18.1 Å². The van der Waals surface area contributed by atoms with Gasteiger partial charge in [0.1, 0.15) is 17.4 Å². The molecular weight excluding hydrogens is 430 g/mol. The maximum atomic E-state index is 13.1. The van der Waals surface area contributed by atoms with Crippen molar-refractivity contribution in [1.82, 2.24) is 19.7 Å². The molecule has 4 rings (SSSR count). The SMILES string of the molecule is COc1ccc(-n2c(C)cc(/C=C(\C#N)C(=O)N3CCN(CC(=O)NC4CC4)CC3)c2C)cc1. The molecule has 2 heterocycles. The molecule has 0 bridgehead atoms. The van der Waals surface area contributed by atoms with Gasteiger partial charge in [-0.2, -0.15) is 5.26 Å². The summed E-state index contributed by atoms with van der Waals surface area (Å²) in [6.45, 7) is 6.58. The van der Waals surface area contributed by atoms with Gasteiger partial charge >= 0.3 is 0 Å². The van der Waals surface area contributed by atoms with E-state index in [1.165, 1.54) is 0 Å². The molecule has 2 fully saturated rings. The van der Waals surface area contributed by atoms with E-state index in [9.17, 15) is 14.9 Å². The van der Waals surface area contributed by atoms with Gasteiger partial charge in [0.25, 0.3) is 5.91 Å². The summed E-state index contributed by atoms with van der Waals surface area (Å²) < 4.78 is 7.34. The van der Waals surface area contributed by atoms with Crippen molar-refractivity contribution in [3.05, 3.63) is 52.9 Å². The zero-order valence-corrected chi connectivity index (χ0v) is 20.0. The van der Waals surface area contributed by atoms with Gasteiger partial charge in [0.05, 0.1) is 13.7 Å². The number of carbonyl (C=O) groups is 2. The Morgan fingerprint density at radius 2 is 1.82 bits per heavy atom. The Bertz CT molecular complexity index is 1130. The average molecular weight is 462 g/mol. The first kappa shape index (κ1) is 23.6.